The first-order valence-electron chi connectivity index (χ1n) is 6.25. The van der Waals surface area contributed by atoms with Gasteiger partial charge in [0, 0.05) is 29.7 Å². The van der Waals surface area contributed by atoms with Gasteiger partial charge in [0.2, 0.25) is 0 Å². The first-order valence-corrected chi connectivity index (χ1v) is 6.63. The minimum absolute atomic E-state index is 0.0499. The number of nitrogens with zero attached hydrogens (tertiary/aromatic N) is 1. The summed E-state index contributed by atoms with van der Waals surface area (Å²) in [7, 11) is 0. The van der Waals surface area contributed by atoms with Gasteiger partial charge in [-0.2, -0.15) is 0 Å². The Hall–Kier alpha value is -1.91. The second-order valence-electron chi connectivity index (χ2n) is 4.62. The molecule has 4 nitrogen and oxygen atoms in total. The van der Waals surface area contributed by atoms with E-state index in [-0.39, 0.29) is 5.69 Å². The molecule has 0 radical (unpaired) electrons. The lowest BCUT2D eigenvalue weighted by Crippen LogP contribution is -2.13. The number of nitro benzene ring substituents is 1. The number of benzene rings is 2. The zero-order chi connectivity index (χ0) is 14.5. The van der Waals surface area contributed by atoms with Crippen molar-refractivity contribution in [3.63, 3.8) is 0 Å². The van der Waals surface area contributed by atoms with Crippen molar-refractivity contribution in [2.24, 2.45) is 0 Å². The maximum absolute atomic E-state index is 11.0. The van der Waals surface area contributed by atoms with Gasteiger partial charge in [-0.1, -0.05) is 41.4 Å². The first kappa shape index (κ1) is 14.5. The number of hydrogen-bond donors (Lipinski definition) is 1. The van der Waals surface area contributed by atoms with Gasteiger partial charge in [0.05, 0.1) is 4.92 Å². The van der Waals surface area contributed by atoms with E-state index in [2.05, 4.69) is 5.32 Å². The molecule has 0 amide bonds. The van der Waals surface area contributed by atoms with E-state index in [0.29, 0.717) is 23.7 Å². The van der Waals surface area contributed by atoms with Crippen molar-refractivity contribution in [1.82, 2.24) is 5.32 Å². The van der Waals surface area contributed by atoms with Gasteiger partial charge in [-0.05, 0) is 24.6 Å². The van der Waals surface area contributed by atoms with Crippen LogP contribution in [0.5, 0.6) is 0 Å². The van der Waals surface area contributed by atoms with E-state index in [4.69, 9.17) is 11.6 Å². The molecule has 0 spiro atoms. The Labute approximate surface area is 122 Å². The Bertz CT molecular complexity index is 612. The summed E-state index contributed by atoms with van der Waals surface area (Å²) in [5, 5.41) is 14.5. The molecule has 0 heterocycles. The topological polar surface area (TPSA) is 55.2 Å². The van der Waals surface area contributed by atoms with Crippen LogP contribution >= 0.6 is 11.6 Å². The highest BCUT2D eigenvalue weighted by molar-refractivity contribution is 6.30. The fourth-order valence-electron chi connectivity index (χ4n) is 1.90. The minimum atomic E-state index is -0.408. The largest absolute Gasteiger partial charge is 0.308 e. The van der Waals surface area contributed by atoms with Crippen molar-refractivity contribution < 1.29 is 4.92 Å². The van der Waals surface area contributed by atoms with Crippen LogP contribution in [0.4, 0.5) is 5.69 Å². The van der Waals surface area contributed by atoms with Crippen molar-refractivity contribution in [2.45, 2.75) is 20.0 Å². The van der Waals surface area contributed by atoms with Gasteiger partial charge < -0.3 is 5.32 Å². The van der Waals surface area contributed by atoms with Crippen LogP contribution in [0, 0.1) is 17.0 Å². The van der Waals surface area contributed by atoms with Crippen LogP contribution in [0.15, 0.2) is 42.5 Å². The SMILES string of the molecule is Cc1ccc(CNCc2ccc(Cl)cc2[N+](=O)[O-])cc1. The van der Waals surface area contributed by atoms with Crippen LogP contribution in [-0.4, -0.2) is 4.92 Å². The van der Waals surface area contributed by atoms with Gasteiger partial charge in [0.25, 0.3) is 5.69 Å². The summed E-state index contributed by atoms with van der Waals surface area (Å²) in [5.41, 5.74) is 3.04. The molecule has 2 aromatic carbocycles. The minimum Gasteiger partial charge on any atom is -0.308 e. The summed E-state index contributed by atoms with van der Waals surface area (Å²) in [6.07, 6.45) is 0. The number of nitrogens with one attached hydrogen (secondary N) is 1. The molecule has 104 valence electrons. The summed E-state index contributed by atoms with van der Waals surface area (Å²) < 4.78 is 0. The molecule has 20 heavy (non-hydrogen) atoms. The number of rotatable bonds is 5. The van der Waals surface area contributed by atoms with Gasteiger partial charge in [0.1, 0.15) is 0 Å². The van der Waals surface area contributed by atoms with Crippen LogP contribution in [0.3, 0.4) is 0 Å². The molecular weight excluding hydrogens is 276 g/mol. The highest BCUT2D eigenvalue weighted by Crippen LogP contribution is 2.23. The highest BCUT2D eigenvalue weighted by atomic mass is 35.5. The van der Waals surface area contributed by atoms with Crippen LogP contribution in [0.1, 0.15) is 16.7 Å². The summed E-state index contributed by atoms with van der Waals surface area (Å²) in [6, 6.07) is 12.9. The lowest BCUT2D eigenvalue weighted by atomic mass is 10.1. The van der Waals surface area contributed by atoms with E-state index in [9.17, 15) is 10.1 Å². The second kappa shape index (κ2) is 6.50. The van der Waals surface area contributed by atoms with Crippen molar-refractivity contribution in [3.05, 3.63) is 74.3 Å². The number of aryl methyl sites for hydroxylation is 1. The van der Waals surface area contributed by atoms with Crippen LogP contribution in [0.25, 0.3) is 0 Å². The van der Waals surface area contributed by atoms with Crippen LogP contribution in [0.2, 0.25) is 5.02 Å². The number of nitro groups is 1. The molecule has 5 heteroatoms. The molecule has 0 aromatic heterocycles. The summed E-state index contributed by atoms with van der Waals surface area (Å²) in [5.74, 6) is 0. The third kappa shape index (κ3) is 3.79. The second-order valence-corrected chi connectivity index (χ2v) is 5.06. The van der Waals surface area contributed by atoms with Crippen molar-refractivity contribution >= 4 is 17.3 Å². The fraction of sp³-hybridized carbons (Fsp3) is 0.200. The molecule has 0 bridgehead atoms. The third-order valence-electron chi connectivity index (χ3n) is 3.01. The lowest BCUT2D eigenvalue weighted by Gasteiger charge is -2.06. The molecule has 0 fully saturated rings. The predicted octanol–water partition coefficient (Wildman–Crippen LogP) is 3.85. The van der Waals surface area contributed by atoms with Gasteiger partial charge in [-0.15, -0.1) is 0 Å². The third-order valence-corrected chi connectivity index (χ3v) is 3.24. The van der Waals surface area contributed by atoms with Gasteiger partial charge >= 0.3 is 0 Å². The Morgan fingerprint density at radius 2 is 1.85 bits per heavy atom. The number of halogens is 1. The van der Waals surface area contributed by atoms with Crippen LogP contribution < -0.4 is 5.32 Å². The standard InChI is InChI=1S/C15H15ClN2O2/c1-11-2-4-12(5-3-11)9-17-10-13-6-7-14(16)8-15(13)18(19)20/h2-8,17H,9-10H2,1H3. The predicted molar refractivity (Wildman–Crippen MR) is 79.8 cm³/mol. The van der Waals surface area contributed by atoms with E-state index in [1.165, 1.54) is 11.6 Å². The first-order chi connectivity index (χ1) is 9.56. The van der Waals surface area contributed by atoms with Crippen molar-refractivity contribution in [3.8, 4) is 0 Å². The molecule has 0 aliphatic rings. The average Bonchev–Trinajstić information content (AvgIpc) is 2.42. The van der Waals surface area contributed by atoms with Gasteiger partial charge in [-0.25, -0.2) is 0 Å². The summed E-state index contributed by atoms with van der Waals surface area (Å²) in [6.45, 7) is 3.13. The van der Waals surface area contributed by atoms with E-state index < -0.39 is 4.92 Å². The molecule has 0 aliphatic heterocycles. The fourth-order valence-corrected chi connectivity index (χ4v) is 2.07. The Morgan fingerprint density at radius 3 is 2.50 bits per heavy atom. The molecule has 0 saturated heterocycles. The molecule has 0 saturated carbocycles. The smallest absolute Gasteiger partial charge is 0.275 e. The Morgan fingerprint density at radius 1 is 1.15 bits per heavy atom. The molecule has 2 aromatic rings. The summed E-state index contributed by atoms with van der Waals surface area (Å²) in [4.78, 5) is 10.6. The molecule has 0 aliphatic carbocycles. The van der Waals surface area contributed by atoms with Gasteiger partial charge in [0.15, 0.2) is 0 Å². The molecule has 0 unspecified atom stereocenters. The normalized spacial score (nSPS) is 10.5. The van der Waals surface area contributed by atoms with E-state index in [0.717, 1.165) is 5.56 Å². The van der Waals surface area contributed by atoms with E-state index >= 15 is 0 Å². The summed E-state index contributed by atoms with van der Waals surface area (Å²) >= 11 is 5.78. The molecule has 1 N–H and O–H groups in total. The zero-order valence-electron chi connectivity index (χ0n) is 11.1. The maximum atomic E-state index is 11.0. The quantitative estimate of drug-likeness (QED) is 0.672. The molecule has 2 rings (SSSR count). The van der Waals surface area contributed by atoms with Crippen molar-refractivity contribution in [2.75, 3.05) is 0 Å². The maximum Gasteiger partial charge on any atom is 0.275 e. The molecular formula is C15H15ClN2O2. The van der Waals surface area contributed by atoms with Crippen molar-refractivity contribution in [1.29, 1.82) is 0 Å². The van der Waals surface area contributed by atoms with Gasteiger partial charge in [-0.3, -0.25) is 10.1 Å². The molecule has 0 atom stereocenters. The Balaban J connectivity index is 2.00. The van der Waals surface area contributed by atoms with E-state index in [1.807, 2.05) is 31.2 Å². The zero-order valence-corrected chi connectivity index (χ0v) is 11.9. The highest BCUT2D eigenvalue weighted by Gasteiger charge is 2.13. The van der Waals surface area contributed by atoms with Crippen LogP contribution in [-0.2, 0) is 13.1 Å². The monoisotopic (exact) mass is 290 g/mol. The lowest BCUT2D eigenvalue weighted by molar-refractivity contribution is -0.385. The van der Waals surface area contributed by atoms with E-state index in [1.54, 1.807) is 12.1 Å². The number of hydrogen-bond acceptors (Lipinski definition) is 3. The Kier molecular flexibility index (Phi) is 4.71. The average molecular weight is 291 g/mol.